The van der Waals surface area contributed by atoms with E-state index in [1.807, 2.05) is 72.5 Å². The zero-order valence-corrected chi connectivity index (χ0v) is 20.1. The molecule has 0 saturated heterocycles. The van der Waals surface area contributed by atoms with Crippen molar-refractivity contribution in [1.82, 2.24) is 10.2 Å². The van der Waals surface area contributed by atoms with E-state index < -0.39 is 0 Å². The van der Waals surface area contributed by atoms with Gasteiger partial charge in [-0.15, -0.1) is 0 Å². The molecule has 1 atom stereocenters. The lowest BCUT2D eigenvalue weighted by molar-refractivity contribution is 0.0694. The molecule has 4 aromatic rings. The lowest BCUT2D eigenvalue weighted by atomic mass is 9.87. The molecular formula is C30H28N2O4. The van der Waals surface area contributed by atoms with E-state index in [0.29, 0.717) is 30.2 Å². The summed E-state index contributed by atoms with van der Waals surface area (Å²) in [5.74, 6) is 1.27. The van der Waals surface area contributed by atoms with Gasteiger partial charge in [0.15, 0.2) is 5.76 Å². The Bertz CT molecular complexity index is 1350. The molecule has 0 bridgehead atoms. The maximum atomic E-state index is 13.5. The van der Waals surface area contributed by atoms with Gasteiger partial charge in [-0.1, -0.05) is 54.6 Å². The predicted octanol–water partition coefficient (Wildman–Crippen LogP) is 5.40. The number of rotatable bonds is 7. The van der Waals surface area contributed by atoms with Crippen molar-refractivity contribution >= 4 is 11.8 Å². The molecule has 182 valence electrons. The highest BCUT2D eigenvalue weighted by Crippen LogP contribution is 2.38. The van der Waals surface area contributed by atoms with Crippen LogP contribution in [0.25, 0.3) is 0 Å². The smallest absolute Gasteiger partial charge is 0.286 e. The Balaban J connectivity index is 1.42. The van der Waals surface area contributed by atoms with Gasteiger partial charge in [-0.05, 0) is 66.4 Å². The maximum absolute atomic E-state index is 13.5. The number of hydrogen-bond acceptors (Lipinski definition) is 4. The quantitative estimate of drug-likeness (QED) is 0.385. The summed E-state index contributed by atoms with van der Waals surface area (Å²) in [6.07, 6.45) is 0.769. The van der Waals surface area contributed by atoms with Gasteiger partial charge in [-0.25, -0.2) is 0 Å². The molecule has 6 nitrogen and oxygen atoms in total. The number of nitrogens with one attached hydrogen (secondary N) is 1. The summed E-state index contributed by atoms with van der Waals surface area (Å²) in [7, 11) is 0. The molecule has 5 rings (SSSR count). The second-order valence-corrected chi connectivity index (χ2v) is 8.70. The Kier molecular flexibility index (Phi) is 6.85. The number of benzene rings is 3. The van der Waals surface area contributed by atoms with E-state index in [1.54, 1.807) is 12.1 Å². The van der Waals surface area contributed by atoms with Crippen molar-refractivity contribution in [3.8, 4) is 5.75 Å². The Morgan fingerprint density at radius 1 is 0.972 bits per heavy atom. The minimum atomic E-state index is -0.244. The van der Waals surface area contributed by atoms with Gasteiger partial charge in [0.05, 0.1) is 6.04 Å². The molecule has 0 spiro atoms. The standard InChI is InChI=1S/C30H28N2O4/c1-2-31-29(33)27-16-15-25(36-27)20-35-24-14-13-21-17-18-32(30(34)23-11-7-4-8-12-23)28(26(21)19-24)22-9-5-3-6-10-22/h3-16,19,28H,2,17-18,20H2,1H3,(H,31,33). The van der Waals surface area contributed by atoms with Crippen molar-refractivity contribution in [3.05, 3.63) is 125 Å². The van der Waals surface area contributed by atoms with E-state index in [-0.39, 0.29) is 30.2 Å². The van der Waals surface area contributed by atoms with E-state index in [1.165, 1.54) is 5.56 Å². The molecule has 3 aromatic carbocycles. The Hall–Kier alpha value is -4.32. The van der Waals surface area contributed by atoms with Crippen LogP contribution in [0.15, 0.2) is 95.4 Å². The van der Waals surface area contributed by atoms with Gasteiger partial charge in [0.2, 0.25) is 0 Å². The maximum Gasteiger partial charge on any atom is 0.286 e. The summed E-state index contributed by atoms with van der Waals surface area (Å²) in [4.78, 5) is 27.5. The molecular weight excluding hydrogens is 452 g/mol. The molecule has 0 saturated carbocycles. The fourth-order valence-corrected chi connectivity index (χ4v) is 4.62. The lowest BCUT2D eigenvalue weighted by Gasteiger charge is -2.38. The lowest BCUT2D eigenvalue weighted by Crippen LogP contribution is -2.40. The second-order valence-electron chi connectivity index (χ2n) is 8.70. The predicted molar refractivity (Wildman–Crippen MR) is 137 cm³/mol. The van der Waals surface area contributed by atoms with Crippen LogP contribution in [0, 0.1) is 0 Å². The van der Waals surface area contributed by atoms with E-state index in [2.05, 4.69) is 23.5 Å². The van der Waals surface area contributed by atoms with Gasteiger partial charge in [-0.3, -0.25) is 9.59 Å². The number of carbonyl (C=O) groups excluding carboxylic acids is 2. The molecule has 0 radical (unpaired) electrons. The average molecular weight is 481 g/mol. The van der Waals surface area contributed by atoms with Crippen LogP contribution in [0.4, 0.5) is 0 Å². The SMILES string of the molecule is CCNC(=O)c1ccc(COc2ccc3c(c2)C(c2ccccc2)N(C(=O)c2ccccc2)CC3)o1. The molecule has 0 aliphatic carbocycles. The van der Waals surface area contributed by atoms with Crippen LogP contribution >= 0.6 is 0 Å². The third kappa shape index (κ3) is 4.89. The van der Waals surface area contributed by atoms with Crippen LogP contribution in [0.1, 0.15) is 56.3 Å². The minimum Gasteiger partial charge on any atom is -0.486 e. The summed E-state index contributed by atoms with van der Waals surface area (Å²) >= 11 is 0. The normalized spacial score (nSPS) is 14.7. The average Bonchev–Trinajstić information content (AvgIpc) is 3.41. The summed E-state index contributed by atoms with van der Waals surface area (Å²) < 4.78 is 11.7. The summed E-state index contributed by atoms with van der Waals surface area (Å²) in [6.45, 7) is 3.22. The van der Waals surface area contributed by atoms with Crippen LogP contribution in [0.3, 0.4) is 0 Å². The first kappa shape index (κ1) is 23.4. The first-order chi connectivity index (χ1) is 17.6. The van der Waals surface area contributed by atoms with E-state index in [4.69, 9.17) is 9.15 Å². The van der Waals surface area contributed by atoms with Crippen molar-refractivity contribution < 1.29 is 18.7 Å². The molecule has 36 heavy (non-hydrogen) atoms. The van der Waals surface area contributed by atoms with Crippen molar-refractivity contribution in [2.45, 2.75) is 26.0 Å². The van der Waals surface area contributed by atoms with E-state index in [0.717, 1.165) is 17.5 Å². The fraction of sp³-hybridized carbons (Fsp3) is 0.200. The number of nitrogens with zero attached hydrogens (tertiary/aromatic N) is 1. The number of amides is 2. The zero-order chi connectivity index (χ0) is 24.9. The molecule has 1 unspecified atom stereocenters. The van der Waals surface area contributed by atoms with Gasteiger partial charge in [0, 0.05) is 18.7 Å². The molecule has 2 heterocycles. The molecule has 6 heteroatoms. The van der Waals surface area contributed by atoms with Crippen LogP contribution < -0.4 is 10.1 Å². The van der Waals surface area contributed by atoms with Crippen molar-refractivity contribution in [3.63, 3.8) is 0 Å². The highest BCUT2D eigenvalue weighted by atomic mass is 16.5. The first-order valence-electron chi connectivity index (χ1n) is 12.2. The molecule has 0 fully saturated rings. The third-order valence-electron chi connectivity index (χ3n) is 6.35. The van der Waals surface area contributed by atoms with Gasteiger partial charge in [-0.2, -0.15) is 0 Å². The Labute approximate surface area is 210 Å². The van der Waals surface area contributed by atoms with Gasteiger partial charge < -0.3 is 19.4 Å². The number of fused-ring (bicyclic) bond motifs is 1. The zero-order valence-electron chi connectivity index (χ0n) is 20.1. The first-order valence-corrected chi connectivity index (χ1v) is 12.2. The minimum absolute atomic E-state index is 0.00916. The fourth-order valence-electron chi connectivity index (χ4n) is 4.62. The number of ether oxygens (including phenoxy) is 1. The molecule has 1 aromatic heterocycles. The van der Waals surface area contributed by atoms with Gasteiger partial charge in [0.25, 0.3) is 11.8 Å². The highest BCUT2D eigenvalue weighted by molar-refractivity contribution is 5.95. The summed E-state index contributed by atoms with van der Waals surface area (Å²) in [6, 6.07) is 28.7. The largest absolute Gasteiger partial charge is 0.486 e. The second kappa shape index (κ2) is 10.5. The number of carbonyl (C=O) groups is 2. The van der Waals surface area contributed by atoms with Crippen LogP contribution in [-0.2, 0) is 13.0 Å². The summed E-state index contributed by atoms with van der Waals surface area (Å²) in [5, 5.41) is 2.72. The van der Waals surface area contributed by atoms with Crippen molar-refractivity contribution in [1.29, 1.82) is 0 Å². The Morgan fingerprint density at radius 3 is 2.47 bits per heavy atom. The number of hydrogen-bond donors (Lipinski definition) is 1. The monoisotopic (exact) mass is 480 g/mol. The highest BCUT2D eigenvalue weighted by Gasteiger charge is 2.33. The third-order valence-corrected chi connectivity index (χ3v) is 6.35. The van der Waals surface area contributed by atoms with Crippen molar-refractivity contribution in [2.75, 3.05) is 13.1 Å². The van der Waals surface area contributed by atoms with E-state index in [9.17, 15) is 9.59 Å². The molecule has 1 aliphatic heterocycles. The van der Waals surface area contributed by atoms with Gasteiger partial charge in [0.1, 0.15) is 18.1 Å². The summed E-state index contributed by atoms with van der Waals surface area (Å²) in [5.41, 5.74) is 3.98. The molecule has 1 aliphatic rings. The number of furan rings is 1. The van der Waals surface area contributed by atoms with Crippen LogP contribution in [0.2, 0.25) is 0 Å². The van der Waals surface area contributed by atoms with Crippen molar-refractivity contribution in [2.24, 2.45) is 0 Å². The topological polar surface area (TPSA) is 71.8 Å². The van der Waals surface area contributed by atoms with Crippen LogP contribution in [0.5, 0.6) is 5.75 Å². The molecule has 1 N–H and O–H groups in total. The molecule has 2 amide bonds. The van der Waals surface area contributed by atoms with E-state index >= 15 is 0 Å². The van der Waals surface area contributed by atoms with Gasteiger partial charge >= 0.3 is 0 Å². The van der Waals surface area contributed by atoms with Crippen LogP contribution in [-0.4, -0.2) is 29.8 Å². The Morgan fingerprint density at radius 2 is 1.72 bits per heavy atom.